The molecule has 5 nitrogen and oxygen atoms in total. The van der Waals surface area contributed by atoms with Crippen LogP contribution in [0.25, 0.3) is 0 Å². The first kappa shape index (κ1) is 17.8. The predicted molar refractivity (Wildman–Crippen MR) is 95.1 cm³/mol. The molecule has 0 unspecified atom stereocenters. The minimum absolute atomic E-state index is 0.128. The Labute approximate surface area is 143 Å². The zero-order chi connectivity index (χ0) is 17.7. The average molecular weight is 328 g/mol. The third kappa shape index (κ3) is 4.25. The molecule has 0 aromatic heterocycles. The number of rotatable bonds is 5. The van der Waals surface area contributed by atoms with Gasteiger partial charge in [-0.3, -0.25) is 0 Å². The van der Waals surface area contributed by atoms with Crippen molar-refractivity contribution in [3.63, 3.8) is 0 Å². The molecule has 1 N–H and O–H groups in total. The smallest absolute Gasteiger partial charge is 0.147 e. The van der Waals surface area contributed by atoms with E-state index in [9.17, 15) is 5.11 Å². The monoisotopic (exact) mass is 328 g/mol. The third-order valence-corrected chi connectivity index (χ3v) is 3.53. The molecule has 0 heterocycles. The molecule has 0 aliphatic rings. The standard InChI is InChI=1S/C19H24N2O3/c1-6-24-15-11-16(19(2,3)4)18(22)17(12-15)21-20-13-7-9-14(23-5)10-8-13/h7-12,22H,6H2,1-5H3. The van der Waals surface area contributed by atoms with Crippen LogP contribution in [-0.2, 0) is 5.41 Å². The molecule has 2 aromatic rings. The van der Waals surface area contributed by atoms with E-state index in [0.717, 1.165) is 11.3 Å². The lowest BCUT2D eigenvalue weighted by atomic mass is 9.86. The van der Waals surface area contributed by atoms with E-state index in [1.807, 2.05) is 45.9 Å². The molecule has 0 radical (unpaired) electrons. The van der Waals surface area contributed by atoms with Crippen molar-refractivity contribution < 1.29 is 14.6 Å². The number of ether oxygens (including phenoxy) is 2. The van der Waals surface area contributed by atoms with E-state index in [2.05, 4.69) is 10.2 Å². The molecule has 2 rings (SSSR count). The van der Waals surface area contributed by atoms with Crippen LogP contribution in [0.15, 0.2) is 46.6 Å². The van der Waals surface area contributed by atoms with Gasteiger partial charge in [-0.1, -0.05) is 20.8 Å². The lowest BCUT2D eigenvalue weighted by molar-refractivity contribution is 0.337. The van der Waals surface area contributed by atoms with Crippen LogP contribution in [-0.4, -0.2) is 18.8 Å². The van der Waals surface area contributed by atoms with Gasteiger partial charge in [0.2, 0.25) is 0 Å². The van der Waals surface area contributed by atoms with Gasteiger partial charge in [0.05, 0.1) is 19.4 Å². The summed E-state index contributed by atoms with van der Waals surface area (Å²) >= 11 is 0. The molecule has 2 aromatic carbocycles. The summed E-state index contributed by atoms with van der Waals surface area (Å²) in [4.78, 5) is 0. The molecular weight excluding hydrogens is 304 g/mol. The number of benzene rings is 2. The van der Waals surface area contributed by atoms with Crippen LogP contribution >= 0.6 is 0 Å². The quantitative estimate of drug-likeness (QED) is 0.736. The van der Waals surface area contributed by atoms with Gasteiger partial charge >= 0.3 is 0 Å². The highest BCUT2D eigenvalue weighted by atomic mass is 16.5. The fraction of sp³-hybridized carbons (Fsp3) is 0.368. The lowest BCUT2D eigenvalue weighted by Gasteiger charge is -2.22. The van der Waals surface area contributed by atoms with Crippen LogP contribution in [0.5, 0.6) is 17.2 Å². The van der Waals surface area contributed by atoms with Crippen LogP contribution in [0.2, 0.25) is 0 Å². The minimum Gasteiger partial charge on any atom is -0.505 e. The number of methoxy groups -OCH3 is 1. The first-order valence-electron chi connectivity index (χ1n) is 7.91. The average Bonchev–Trinajstić information content (AvgIpc) is 2.54. The summed E-state index contributed by atoms with van der Waals surface area (Å²) in [6.45, 7) is 8.55. The number of phenols is 1. The molecule has 5 heteroatoms. The summed E-state index contributed by atoms with van der Waals surface area (Å²) in [6.07, 6.45) is 0. The Morgan fingerprint density at radius 3 is 2.21 bits per heavy atom. The van der Waals surface area contributed by atoms with Crippen LogP contribution in [0.1, 0.15) is 33.3 Å². The molecule has 0 saturated carbocycles. The van der Waals surface area contributed by atoms with Gasteiger partial charge in [0.1, 0.15) is 22.9 Å². The second kappa shape index (κ2) is 7.34. The number of nitrogens with zero attached hydrogens (tertiary/aromatic N) is 2. The Kier molecular flexibility index (Phi) is 5.44. The molecule has 0 aliphatic carbocycles. The zero-order valence-corrected chi connectivity index (χ0v) is 14.8. The third-order valence-electron chi connectivity index (χ3n) is 3.53. The maximum atomic E-state index is 10.5. The Morgan fingerprint density at radius 2 is 1.67 bits per heavy atom. The molecule has 128 valence electrons. The molecule has 24 heavy (non-hydrogen) atoms. The molecule has 0 bridgehead atoms. The molecule has 0 fully saturated rings. The Hall–Kier alpha value is -2.56. The summed E-state index contributed by atoms with van der Waals surface area (Å²) in [5.74, 6) is 1.55. The summed E-state index contributed by atoms with van der Waals surface area (Å²) in [7, 11) is 1.61. The zero-order valence-electron chi connectivity index (χ0n) is 14.8. The van der Waals surface area contributed by atoms with Crippen LogP contribution < -0.4 is 9.47 Å². The Balaban J connectivity index is 2.40. The number of hydrogen-bond acceptors (Lipinski definition) is 5. The van der Waals surface area contributed by atoms with Gasteiger partial charge in [-0.2, -0.15) is 5.11 Å². The van der Waals surface area contributed by atoms with Gasteiger partial charge in [-0.15, -0.1) is 5.11 Å². The van der Waals surface area contributed by atoms with Crippen LogP contribution in [0.3, 0.4) is 0 Å². The van der Waals surface area contributed by atoms with E-state index in [0.29, 0.717) is 23.7 Å². The van der Waals surface area contributed by atoms with Crippen molar-refractivity contribution >= 4 is 11.4 Å². The van der Waals surface area contributed by atoms with E-state index in [1.54, 1.807) is 25.3 Å². The first-order valence-corrected chi connectivity index (χ1v) is 7.91. The van der Waals surface area contributed by atoms with Crippen molar-refractivity contribution in [1.29, 1.82) is 0 Å². The fourth-order valence-corrected chi connectivity index (χ4v) is 2.25. The summed E-state index contributed by atoms with van der Waals surface area (Å²) < 4.78 is 10.7. The Morgan fingerprint density at radius 1 is 1.00 bits per heavy atom. The molecule has 0 spiro atoms. The fourth-order valence-electron chi connectivity index (χ4n) is 2.25. The SMILES string of the molecule is CCOc1cc(N=Nc2ccc(OC)cc2)c(O)c(C(C)(C)C)c1. The maximum Gasteiger partial charge on any atom is 0.147 e. The van der Waals surface area contributed by atoms with Crippen molar-refractivity contribution in [3.8, 4) is 17.2 Å². The van der Waals surface area contributed by atoms with Crippen molar-refractivity contribution in [2.45, 2.75) is 33.1 Å². The van der Waals surface area contributed by atoms with Gasteiger partial charge in [-0.05, 0) is 42.7 Å². The van der Waals surface area contributed by atoms with Gasteiger partial charge in [-0.25, -0.2) is 0 Å². The highest BCUT2D eigenvalue weighted by Crippen LogP contribution is 2.41. The van der Waals surface area contributed by atoms with Crippen molar-refractivity contribution in [2.24, 2.45) is 10.2 Å². The Bertz CT molecular complexity index is 717. The predicted octanol–water partition coefficient (Wildman–Crippen LogP) is 5.51. The number of phenolic OH excluding ortho intramolecular Hbond substituents is 1. The topological polar surface area (TPSA) is 63.4 Å². The largest absolute Gasteiger partial charge is 0.505 e. The maximum absolute atomic E-state index is 10.5. The molecule has 0 amide bonds. The highest BCUT2D eigenvalue weighted by Gasteiger charge is 2.22. The van der Waals surface area contributed by atoms with Gasteiger partial charge in [0, 0.05) is 11.6 Å². The molecule has 0 saturated heterocycles. The molecule has 0 atom stereocenters. The van der Waals surface area contributed by atoms with E-state index < -0.39 is 0 Å². The molecule has 0 aliphatic heterocycles. The van der Waals surface area contributed by atoms with Crippen molar-refractivity contribution in [1.82, 2.24) is 0 Å². The summed E-state index contributed by atoms with van der Waals surface area (Å²) in [6, 6.07) is 10.8. The van der Waals surface area contributed by atoms with E-state index >= 15 is 0 Å². The molecular formula is C19H24N2O3. The first-order chi connectivity index (χ1) is 11.3. The number of hydrogen-bond donors (Lipinski definition) is 1. The van der Waals surface area contributed by atoms with Gasteiger partial charge in [0.25, 0.3) is 0 Å². The van der Waals surface area contributed by atoms with Crippen molar-refractivity contribution in [3.05, 3.63) is 42.0 Å². The second-order valence-corrected chi connectivity index (χ2v) is 6.42. The van der Waals surface area contributed by atoms with Crippen LogP contribution in [0.4, 0.5) is 11.4 Å². The van der Waals surface area contributed by atoms with Crippen LogP contribution in [0, 0.1) is 0 Å². The minimum atomic E-state index is -0.235. The normalized spacial score (nSPS) is 11.7. The van der Waals surface area contributed by atoms with Gasteiger partial charge < -0.3 is 14.6 Å². The van der Waals surface area contributed by atoms with Gasteiger partial charge in [0.15, 0.2) is 0 Å². The van der Waals surface area contributed by atoms with E-state index in [-0.39, 0.29) is 11.2 Å². The lowest BCUT2D eigenvalue weighted by Crippen LogP contribution is -2.11. The number of aromatic hydroxyl groups is 1. The van der Waals surface area contributed by atoms with E-state index in [1.165, 1.54) is 0 Å². The highest BCUT2D eigenvalue weighted by molar-refractivity contribution is 5.61. The van der Waals surface area contributed by atoms with E-state index in [4.69, 9.17) is 9.47 Å². The summed E-state index contributed by atoms with van der Waals surface area (Å²) in [5.41, 5.74) is 1.61. The van der Waals surface area contributed by atoms with Crippen molar-refractivity contribution in [2.75, 3.05) is 13.7 Å². The second-order valence-electron chi connectivity index (χ2n) is 6.42. The number of azo groups is 1. The summed E-state index contributed by atoms with van der Waals surface area (Å²) in [5, 5.41) is 18.9.